The van der Waals surface area contributed by atoms with E-state index in [9.17, 15) is 16.8 Å². The molecule has 140 valence electrons. The van der Waals surface area contributed by atoms with Gasteiger partial charge in [-0.3, -0.25) is 4.72 Å². The molecule has 0 amide bonds. The van der Waals surface area contributed by atoms with Crippen LogP contribution in [0.4, 0.5) is 5.69 Å². The zero-order chi connectivity index (χ0) is 19.7. The third kappa shape index (κ3) is 4.10. The summed E-state index contributed by atoms with van der Waals surface area (Å²) in [6, 6.07) is 12.2. The van der Waals surface area contributed by atoms with Crippen molar-refractivity contribution in [2.24, 2.45) is 0 Å². The Kier molecular flexibility index (Phi) is 5.19. The number of rotatable bonds is 6. The smallest absolute Gasteiger partial charge is 0.261 e. The number of thiazole rings is 1. The highest BCUT2D eigenvalue weighted by molar-refractivity contribution is 7.93. The second-order valence-electron chi connectivity index (χ2n) is 5.73. The molecule has 7 nitrogen and oxygen atoms in total. The molecule has 0 aliphatic carbocycles. The normalized spacial score (nSPS) is 12.0. The van der Waals surface area contributed by atoms with Gasteiger partial charge in [0.15, 0.2) is 0 Å². The minimum atomic E-state index is -3.88. The lowest BCUT2D eigenvalue weighted by atomic mass is 10.2. The summed E-state index contributed by atoms with van der Waals surface area (Å²) >= 11 is 1.01. The van der Waals surface area contributed by atoms with Crippen LogP contribution < -0.4 is 4.72 Å². The van der Waals surface area contributed by atoms with Crippen molar-refractivity contribution in [3.8, 4) is 6.07 Å². The van der Waals surface area contributed by atoms with Crippen molar-refractivity contribution in [3.05, 3.63) is 48.0 Å². The Morgan fingerprint density at radius 2 is 1.93 bits per heavy atom. The Morgan fingerprint density at radius 1 is 1.15 bits per heavy atom. The van der Waals surface area contributed by atoms with E-state index >= 15 is 0 Å². The van der Waals surface area contributed by atoms with Crippen molar-refractivity contribution in [2.45, 2.75) is 22.6 Å². The minimum Gasteiger partial charge on any atom is -0.280 e. The lowest BCUT2D eigenvalue weighted by Gasteiger charge is -2.08. The van der Waals surface area contributed by atoms with Gasteiger partial charge in [-0.05, 0) is 42.8 Å². The first-order chi connectivity index (χ1) is 12.7. The number of nitriles is 1. The van der Waals surface area contributed by atoms with Crippen LogP contribution in [0.25, 0.3) is 10.2 Å². The van der Waals surface area contributed by atoms with Crippen LogP contribution in [0.5, 0.6) is 0 Å². The molecule has 0 unspecified atom stereocenters. The van der Waals surface area contributed by atoms with Gasteiger partial charge in [-0.2, -0.15) is 5.26 Å². The molecule has 1 heterocycles. The minimum absolute atomic E-state index is 0.0154. The number of aromatic nitrogens is 1. The van der Waals surface area contributed by atoms with Crippen LogP contribution in [0.1, 0.15) is 18.9 Å². The van der Waals surface area contributed by atoms with Crippen molar-refractivity contribution in [2.75, 3.05) is 10.5 Å². The molecule has 3 aromatic rings. The first-order valence-corrected chi connectivity index (χ1v) is 11.9. The summed E-state index contributed by atoms with van der Waals surface area (Å²) in [4.78, 5) is 4.11. The maximum Gasteiger partial charge on any atom is 0.261 e. The molecule has 2 aromatic carbocycles. The molecule has 0 saturated carbocycles. The van der Waals surface area contributed by atoms with Gasteiger partial charge in [0.1, 0.15) is 0 Å². The Hall–Kier alpha value is -2.48. The van der Waals surface area contributed by atoms with Crippen LogP contribution in [0.15, 0.2) is 51.7 Å². The fraction of sp³-hybridized carbons (Fsp3) is 0.176. The molecule has 0 atom stereocenters. The average molecular weight is 422 g/mol. The number of anilines is 1. The van der Waals surface area contributed by atoms with E-state index in [1.807, 2.05) is 6.07 Å². The van der Waals surface area contributed by atoms with Gasteiger partial charge in [0.2, 0.25) is 14.2 Å². The topological polar surface area (TPSA) is 117 Å². The monoisotopic (exact) mass is 421 g/mol. The third-order valence-electron chi connectivity index (χ3n) is 3.63. The molecule has 27 heavy (non-hydrogen) atoms. The lowest BCUT2D eigenvalue weighted by molar-refractivity contribution is 0.594. The number of nitrogens with one attached hydrogen (secondary N) is 1. The zero-order valence-electron chi connectivity index (χ0n) is 14.2. The predicted molar refractivity (Wildman–Crippen MR) is 104 cm³/mol. The zero-order valence-corrected chi connectivity index (χ0v) is 16.7. The fourth-order valence-corrected chi connectivity index (χ4v) is 6.21. The van der Waals surface area contributed by atoms with Crippen LogP contribution in [-0.2, 0) is 19.9 Å². The summed E-state index contributed by atoms with van der Waals surface area (Å²) in [6.45, 7) is 1.78. The van der Waals surface area contributed by atoms with Crippen molar-refractivity contribution in [1.29, 1.82) is 5.26 Å². The van der Waals surface area contributed by atoms with E-state index in [1.165, 1.54) is 30.3 Å². The molecule has 0 aliphatic heterocycles. The Bertz CT molecular complexity index is 1260. The molecule has 0 bridgehead atoms. The fourth-order valence-electron chi connectivity index (χ4n) is 2.40. The van der Waals surface area contributed by atoms with Gasteiger partial charge in [0, 0.05) is 0 Å². The van der Waals surface area contributed by atoms with Crippen LogP contribution in [0.3, 0.4) is 0 Å². The quantitative estimate of drug-likeness (QED) is 0.653. The number of hydrogen-bond acceptors (Lipinski definition) is 7. The summed E-state index contributed by atoms with van der Waals surface area (Å²) < 4.78 is 52.4. The predicted octanol–water partition coefficient (Wildman–Crippen LogP) is 3.15. The van der Waals surface area contributed by atoms with Crippen molar-refractivity contribution in [1.82, 2.24) is 4.98 Å². The average Bonchev–Trinajstić information content (AvgIpc) is 3.06. The molecule has 1 N–H and O–H groups in total. The Morgan fingerprint density at radius 3 is 2.63 bits per heavy atom. The van der Waals surface area contributed by atoms with E-state index in [1.54, 1.807) is 19.1 Å². The molecular weight excluding hydrogens is 406 g/mol. The Balaban J connectivity index is 1.94. The second kappa shape index (κ2) is 7.26. The standard InChI is InChI=1S/C17H15N3O4S3/c1-2-8-26(21,22)17-19-15-7-6-13(10-16(15)25-17)20-27(23,24)14-5-3-4-12(9-14)11-18/h3-7,9-10,20H,2,8H2,1H3. The Labute approximate surface area is 161 Å². The van der Waals surface area contributed by atoms with Crippen LogP contribution >= 0.6 is 11.3 Å². The van der Waals surface area contributed by atoms with Gasteiger partial charge in [0.25, 0.3) is 10.0 Å². The van der Waals surface area contributed by atoms with Gasteiger partial charge in [0.05, 0.1) is 38.2 Å². The van der Waals surface area contributed by atoms with Crippen molar-refractivity contribution < 1.29 is 16.8 Å². The summed E-state index contributed by atoms with van der Waals surface area (Å²) in [5.41, 5.74) is 1.01. The van der Waals surface area contributed by atoms with Gasteiger partial charge in [-0.15, -0.1) is 11.3 Å². The SMILES string of the molecule is CCCS(=O)(=O)c1nc2ccc(NS(=O)(=O)c3cccc(C#N)c3)cc2s1. The largest absolute Gasteiger partial charge is 0.280 e. The molecule has 0 saturated heterocycles. The number of hydrogen-bond donors (Lipinski definition) is 1. The first-order valence-electron chi connectivity index (χ1n) is 7.91. The maximum atomic E-state index is 12.5. The highest BCUT2D eigenvalue weighted by Crippen LogP contribution is 2.29. The van der Waals surface area contributed by atoms with Gasteiger partial charge in [-0.1, -0.05) is 13.0 Å². The number of sulfone groups is 1. The van der Waals surface area contributed by atoms with Gasteiger partial charge in [-0.25, -0.2) is 21.8 Å². The molecule has 0 aliphatic rings. The third-order valence-corrected chi connectivity index (χ3v) is 8.41. The number of nitrogens with zero attached hydrogens (tertiary/aromatic N) is 2. The molecule has 10 heteroatoms. The van der Waals surface area contributed by atoms with Crippen LogP contribution in [0.2, 0.25) is 0 Å². The van der Waals surface area contributed by atoms with Crippen molar-refractivity contribution in [3.63, 3.8) is 0 Å². The molecular formula is C17H15N3O4S3. The summed E-state index contributed by atoms with van der Waals surface area (Å²) in [6.07, 6.45) is 0.491. The molecule has 1 aromatic heterocycles. The van der Waals surface area contributed by atoms with E-state index in [4.69, 9.17) is 5.26 Å². The summed E-state index contributed by atoms with van der Waals surface area (Å²) in [7, 11) is -7.31. The van der Waals surface area contributed by atoms with E-state index in [0.29, 0.717) is 16.6 Å². The summed E-state index contributed by atoms with van der Waals surface area (Å²) in [5, 5.41) is 8.92. The van der Waals surface area contributed by atoms with Crippen LogP contribution in [0, 0.1) is 11.3 Å². The van der Waals surface area contributed by atoms with Gasteiger partial charge < -0.3 is 0 Å². The molecule has 0 radical (unpaired) electrons. The number of benzene rings is 2. The number of fused-ring (bicyclic) bond motifs is 1. The second-order valence-corrected chi connectivity index (χ2v) is 10.7. The molecule has 3 rings (SSSR count). The molecule has 0 fully saturated rings. The molecule has 0 spiro atoms. The summed E-state index contributed by atoms with van der Waals surface area (Å²) in [5.74, 6) is 0.0154. The first kappa shape index (κ1) is 19.3. The van der Waals surface area contributed by atoms with Gasteiger partial charge >= 0.3 is 0 Å². The van der Waals surface area contributed by atoms with E-state index in [0.717, 1.165) is 11.3 Å². The highest BCUT2D eigenvalue weighted by atomic mass is 32.2. The number of sulfonamides is 1. The lowest BCUT2D eigenvalue weighted by Crippen LogP contribution is -2.12. The van der Waals surface area contributed by atoms with Crippen LogP contribution in [-0.4, -0.2) is 27.6 Å². The van der Waals surface area contributed by atoms with E-state index in [-0.39, 0.29) is 26.2 Å². The van der Waals surface area contributed by atoms with E-state index < -0.39 is 19.9 Å². The highest BCUT2D eigenvalue weighted by Gasteiger charge is 2.20. The van der Waals surface area contributed by atoms with Crippen molar-refractivity contribution >= 4 is 47.1 Å². The maximum absolute atomic E-state index is 12.5. The van der Waals surface area contributed by atoms with E-state index in [2.05, 4.69) is 9.71 Å².